The van der Waals surface area contributed by atoms with E-state index in [9.17, 15) is 0 Å². The number of fused-ring (bicyclic) bond motifs is 5. The Kier molecular flexibility index (Phi) is 1.40. The second kappa shape index (κ2) is 2.35. The van der Waals surface area contributed by atoms with Crippen LogP contribution >= 0.6 is 0 Å². The van der Waals surface area contributed by atoms with Gasteiger partial charge >= 0.3 is 0 Å². The third-order valence-corrected chi connectivity index (χ3v) is 4.22. The molecular formula is C11H16O. The Morgan fingerprint density at radius 1 is 1.17 bits per heavy atom. The van der Waals surface area contributed by atoms with E-state index in [4.69, 9.17) is 4.74 Å². The van der Waals surface area contributed by atoms with Crippen LogP contribution in [0, 0.1) is 23.7 Å². The first-order valence-electron chi connectivity index (χ1n) is 5.11. The Labute approximate surface area is 73.8 Å². The molecule has 5 atom stereocenters. The van der Waals surface area contributed by atoms with Gasteiger partial charge in [-0.2, -0.15) is 0 Å². The monoisotopic (exact) mass is 164 g/mol. The first-order valence-corrected chi connectivity index (χ1v) is 5.11. The molecule has 3 aliphatic rings. The Morgan fingerprint density at radius 3 is 2.83 bits per heavy atom. The molecular weight excluding hydrogens is 148 g/mol. The summed E-state index contributed by atoms with van der Waals surface area (Å²) in [6.07, 6.45) is 9.59. The van der Waals surface area contributed by atoms with E-state index < -0.39 is 0 Å². The fourth-order valence-corrected chi connectivity index (χ4v) is 3.75. The van der Waals surface area contributed by atoms with Gasteiger partial charge in [0.15, 0.2) is 0 Å². The number of hydrogen-bond donors (Lipinski definition) is 0. The summed E-state index contributed by atoms with van der Waals surface area (Å²) in [5.74, 6) is 3.73. The minimum absolute atomic E-state index is 0.449. The molecule has 2 bridgehead atoms. The van der Waals surface area contributed by atoms with Gasteiger partial charge in [0, 0.05) is 7.11 Å². The fraction of sp³-hybridized carbons (Fsp3) is 0.818. The maximum Gasteiger partial charge on any atom is 0.0788 e. The van der Waals surface area contributed by atoms with Gasteiger partial charge in [-0.1, -0.05) is 12.2 Å². The molecule has 12 heavy (non-hydrogen) atoms. The predicted molar refractivity (Wildman–Crippen MR) is 47.7 cm³/mol. The van der Waals surface area contributed by atoms with E-state index in [1.807, 2.05) is 7.11 Å². The summed E-state index contributed by atoms with van der Waals surface area (Å²) in [4.78, 5) is 0. The number of ether oxygens (including phenoxy) is 1. The Bertz CT molecular complexity index is 221. The van der Waals surface area contributed by atoms with Gasteiger partial charge in [0.2, 0.25) is 0 Å². The average Bonchev–Trinajstić information content (AvgIpc) is 2.76. The van der Waals surface area contributed by atoms with Crippen LogP contribution in [-0.2, 0) is 4.74 Å². The second-order valence-corrected chi connectivity index (χ2v) is 4.57. The van der Waals surface area contributed by atoms with Crippen molar-refractivity contribution in [2.45, 2.75) is 25.4 Å². The third kappa shape index (κ3) is 0.731. The SMILES string of the molecule is CO[C@H]1C=CC2C1[C@@H]1CC[C@H]2C1. The molecule has 0 radical (unpaired) electrons. The van der Waals surface area contributed by atoms with Crippen LogP contribution in [0.3, 0.4) is 0 Å². The zero-order valence-corrected chi connectivity index (χ0v) is 7.57. The molecule has 66 valence electrons. The van der Waals surface area contributed by atoms with Crippen molar-refractivity contribution in [2.75, 3.05) is 7.11 Å². The van der Waals surface area contributed by atoms with Crippen LogP contribution in [-0.4, -0.2) is 13.2 Å². The molecule has 0 amide bonds. The molecule has 0 spiro atoms. The molecule has 1 heteroatoms. The largest absolute Gasteiger partial charge is 0.377 e. The molecule has 2 saturated carbocycles. The van der Waals surface area contributed by atoms with Gasteiger partial charge in [-0.25, -0.2) is 0 Å². The van der Waals surface area contributed by atoms with Crippen LogP contribution in [0.1, 0.15) is 19.3 Å². The molecule has 1 nitrogen and oxygen atoms in total. The van der Waals surface area contributed by atoms with E-state index in [-0.39, 0.29) is 0 Å². The molecule has 0 aromatic carbocycles. The number of hydrogen-bond acceptors (Lipinski definition) is 1. The van der Waals surface area contributed by atoms with Crippen LogP contribution in [0.15, 0.2) is 12.2 Å². The highest BCUT2D eigenvalue weighted by atomic mass is 16.5. The Balaban J connectivity index is 1.89. The van der Waals surface area contributed by atoms with Gasteiger partial charge < -0.3 is 4.74 Å². The van der Waals surface area contributed by atoms with Crippen LogP contribution in [0.5, 0.6) is 0 Å². The van der Waals surface area contributed by atoms with E-state index in [1.165, 1.54) is 19.3 Å². The highest BCUT2D eigenvalue weighted by Crippen LogP contribution is 2.56. The van der Waals surface area contributed by atoms with Crippen molar-refractivity contribution in [3.63, 3.8) is 0 Å². The summed E-state index contributed by atoms with van der Waals surface area (Å²) in [7, 11) is 1.85. The molecule has 0 aromatic rings. The molecule has 0 N–H and O–H groups in total. The number of allylic oxidation sites excluding steroid dienone is 1. The molecule has 0 heterocycles. The van der Waals surface area contributed by atoms with E-state index in [0.717, 1.165) is 23.7 Å². The molecule has 0 aliphatic heterocycles. The maximum atomic E-state index is 5.49. The Hall–Kier alpha value is -0.300. The zero-order valence-electron chi connectivity index (χ0n) is 7.57. The van der Waals surface area contributed by atoms with Gasteiger partial charge in [0.25, 0.3) is 0 Å². The van der Waals surface area contributed by atoms with Crippen LogP contribution in [0.4, 0.5) is 0 Å². The minimum Gasteiger partial charge on any atom is -0.377 e. The topological polar surface area (TPSA) is 9.23 Å². The summed E-state index contributed by atoms with van der Waals surface area (Å²) in [6, 6.07) is 0. The lowest BCUT2D eigenvalue weighted by Gasteiger charge is -2.28. The first kappa shape index (κ1) is 7.14. The number of methoxy groups -OCH3 is 1. The summed E-state index contributed by atoms with van der Waals surface area (Å²) < 4.78 is 5.49. The first-order chi connectivity index (χ1) is 5.90. The lowest BCUT2D eigenvalue weighted by molar-refractivity contribution is 0.0592. The standard InChI is InChI=1S/C11H16O/c1-12-10-5-4-9-7-2-3-8(6-7)11(9)10/h4-5,7-11H,2-3,6H2,1H3/t7-,8+,9?,10-,11?/m0/s1. The van der Waals surface area contributed by atoms with Crippen molar-refractivity contribution in [2.24, 2.45) is 23.7 Å². The molecule has 3 aliphatic carbocycles. The van der Waals surface area contributed by atoms with E-state index in [0.29, 0.717) is 6.10 Å². The molecule has 3 rings (SSSR count). The summed E-state index contributed by atoms with van der Waals surface area (Å²) in [5.41, 5.74) is 0. The lowest BCUT2D eigenvalue weighted by Crippen LogP contribution is -2.27. The third-order valence-electron chi connectivity index (χ3n) is 4.22. The van der Waals surface area contributed by atoms with Crippen molar-refractivity contribution >= 4 is 0 Å². The number of rotatable bonds is 1. The van der Waals surface area contributed by atoms with Gasteiger partial charge in [0.05, 0.1) is 6.10 Å². The Morgan fingerprint density at radius 2 is 2.00 bits per heavy atom. The van der Waals surface area contributed by atoms with Crippen LogP contribution in [0.25, 0.3) is 0 Å². The predicted octanol–water partition coefficient (Wildman–Crippen LogP) is 2.23. The summed E-state index contributed by atoms with van der Waals surface area (Å²) in [6.45, 7) is 0. The van der Waals surface area contributed by atoms with E-state index in [2.05, 4.69) is 12.2 Å². The van der Waals surface area contributed by atoms with E-state index in [1.54, 1.807) is 0 Å². The van der Waals surface area contributed by atoms with Crippen molar-refractivity contribution in [1.82, 2.24) is 0 Å². The smallest absolute Gasteiger partial charge is 0.0788 e. The van der Waals surface area contributed by atoms with Crippen molar-refractivity contribution < 1.29 is 4.74 Å². The second-order valence-electron chi connectivity index (χ2n) is 4.57. The van der Waals surface area contributed by atoms with Gasteiger partial charge in [0.1, 0.15) is 0 Å². The highest BCUT2D eigenvalue weighted by molar-refractivity contribution is 5.16. The van der Waals surface area contributed by atoms with Gasteiger partial charge in [-0.15, -0.1) is 0 Å². The average molecular weight is 164 g/mol. The highest BCUT2D eigenvalue weighted by Gasteiger charge is 2.51. The van der Waals surface area contributed by atoms with Crippen molar-refractivity contribution in [1.29, 1.82) is 0 Å². The normalized spacial score (nSPS) is 54.9. The van der Waals surface area contributed by atoms with Crippen LogP contribution < -0.4 is 0 Å². The van der Waals surface area contributed by atoms with Gasteiger partial charge in [-0.05, 0) is 42.9 Å². The van der Waals surface area contributed by atoms with Crippen LogP contribution in [0.2, 0.25) is 0 Å². The maximum absolute atomic E-state index is 5.49. The van der Waals surface area contributed by atoms with E-state index >= 15 is 0 Å². The van der Waals surface area contributed by atoms with Crippen molar-refractivity contribution in [3.8, 4) is 0 Å². The quantitative estimate of drug-likeness (QED) is 0.540. The molecule has 0 aromatic heterocycles. The zero-order chi connectivity index (χ0) is 8.13. The van der Waals surface area contributed by atoms with Crippen molar-refractivity contribution in [3.05, 3.63) is 12.2 Å². The summed E-state index contributed by atoms with van der Waals surface area (Å²) in [5, 5.41) is 0. The fourth-order valence-electron chi connectivity index (χ4n) is 3.75. The lowest BCUT2D eigenvalue weighted by atomic mass is 9.80. The molecule has 0 saturated heterocycles. The van der Waals surface area contributed by atoms with Gasteiger partial charge in [-0.3, -0.25) is 0 Å². The summed E-state index contributed by atoms with van der Waals surface area (Å²) >= 11 is 0. The minimum atomic E-state index is 0.449. The molecule has 2 unspecified atom stereocenters. The molecule has 2 fully saturated rings.